The number of carbonyl (C=O) groups excluding carboxylic acids is 1. The molecule has 2 heterocycles. The normalized spacial score (nSPS) is 13.7. The zero-order valence-electron chi connectivity index (χ0n) is 18.8. The van der Waals surface area contributed by atoms with Gasteiger partial charge in [0.05, 0.1) is 24.3 Å². The molecule has 0 radical (unpaired) electrons. The maximum atomic E-state index is 12.0. The van der Waals surface area contributed by atoms with Gasteiger partial charge in [0.15, 0.2) is 0 Å². The molecule has 1 N–H and O–H groups in total. The molecule has 0 bridgehead atoms. The van der Waals surface area contributed by atoms with Crippen molar-refractivity contribution < 1.29 is 19.0 Å². The van der Waals surface area contributed by atoms with Gasteiger partial charge in [0.25, 0.3) is 0 Å². The minimum absolute atomic E-state index is 0. The lowest BCUT2D eigenvalue weighted by Gasteiger charge is -2.36. The number of aromatic amines is 1. The minimum Gasteiger partial charge on any atom is -0.497 e. The van der Waals surface area contributed by atoms with Crippen LogP contribution >= 0.6 is 48.0 Å². The highest BCUT2D eigenvalue weighted by Gasteiger charge is 2.24. The fourth-order valence-corrected chi connectivity index (χ4v) is 4.56. The third-order valence-electron chi connectivity index (χ3n) is 5.50. The van der Waals surface area contributed by atoms with Crippen LogP contribution in [0.15, 0.2) is 36.4 Å². The molecule has 34 heavy (non-hydrogen) atoms. The summed E-state index contributed by atoms with van der Waals surface area (Å²) in [6, 6.07) is 11.5. The number of hydrogen-bond donors (Lipinski definition) is 1. The SMILES string of the molecule is CCOC(=O)Oc1[nH]c2cc(Cl)cc(Cl)c2c1CN1CCN(c2cccc(OC)c2)CC1.Cl.Cl. The number of methoxy groups -OCH3 is 1. The Morgan fingerprint density at radius 3 is 2.50 bits per heavy atom. The molecular weight excluding hydrogens is 524 g/mol. The van der Waals surface area contributed by atoms with E-state index in [2.05, 4.69) is 20.9 Å². The number of nitrogens with zero attached hydrogens (tertiary/aromatic N) is 2. The molecule has 0 aliphatic carbocycles. The van der Waals surface area contributed by atoms with E-state index in [0.29, 0.717) is 28.0 Å². The largest absolute Gasteiger partial charge is 0.515 e. The van der Waals surface area contributed by atoms with Crippen molar-refractivity contribution >= 4 is 70.8 Å². The average Bonchev–Trinajstić information content (AvgIpc) is 3.11. The third kappa shape index (κ3) is 6.34. The van der Waals surface area contributed by atoms with Crippen molar-refractivity contribution in [2.75, 3.05) is 44.8 Å². The van der Waals surface area contributed by atoms with Crippen LogP contribution in [-0.2, 0) is 11.3 Å². The van der Waals surface area contributed by atoms with Gasteiger partial charge in [-0.1, -0.05) is 29.3 Å². The molecule has 186 valence electrons. The highest BCUT2D eigenvalue weighted by molar-refractivity contribution is 6.38. The Morgan fingerprint density at radius 2 is 1.82 bits per heavy atom. The van der Waals surface area contributed by atoms with Gasteiger partial charge in [0.1, 0.15) is 5.75 Å². The summed E-state index contributed by atoms with van der Waals surface area (Å²) in [7, 11) is 1.67. The number of aromatic nitrogens is 1. The van der Waals surface area contributed by atoms with Crippen LogP contribution in [0.1, 0.15) is 12.5 Å². The Morgan fingerprint density at radius 1 is 1.09 bits per heavy atom. The van der Waals surface area contributed by atoms with E-state index in [1.165, 1.54) is 0 Å². The predicted molar refractivity (Wildman–Crippen MR) is 141 cm³/mol. The molecule has 0 saturated carbocycles. The van der Waals surface area contributed by atoms with Crippen molar-refractivity contribution in [3.8, 4) is 11.6 Å². The topological polar surface area (TPSA) is 67.0 Å². The van der Waals surface area contributed by atoms with Gasteiger partial charge in [0.2, 0.25) is 5.88 Å². The van der Waals surface area contributed by atoms with E-state index >= 15 is 0 Å². The van der Waals surface area contributed by atoms with Gasteiger partial charge in [-0.15, -0.1) is 24.8 Å². The maximum Gasteiger partial charge on any atom is 0.515 e. The molecule has 2 aromatic carbocycles. The van der Waals surface area contributed by atoms with Gasteiger partial charge in [-0.05, 0) is 31.2 Å². The molecule has 7 nitrogen and oxygen atoms in total. The van der Waals surface area contributed by atoms with Crippen LogP contribution in [0.4, 0.5) is 10.5 Å². The summed E-state index contributed by atoms with van der Waals surface area (Å²) in [5.41, 5.74) is 2.66. The summed E-state index contributed by atoms with van der Waals surface area (Å²) in [4.78, 5) is 19.8. The number of fused-ring (bicyclic) bond motifs is 1. The van der Waals surface area contributed by atoms with E-state index in [0.717, 1.165) is 48.6 Å². The minimum atomic E-state index is -0.759. The first-order chi connectivity index (χ1) is 15.5. The molecule has 1 aliphatic rings. The molecule has 0 amide bonds. The summed E-state index contributed by atoms with van der Waals surface area (Å²) >= 11 is 12.7. The monoisotopic (exact) mass is 549 g/mol. The zero-order valence-corrected chi connectivity index (χ0v) is 22.0. The van der Waals surface area contributed by atoms with Crippen LogP contribution in [-0.4, -0.2) is 55.9 Å². The van der Waals surface area contributed by atoms with Gasteiger partial charge in [-0.25, -0.2) is 4.79 Å². The summed E-state index contributed by atoms with van der Waals surface area (Å²) < 4.78 is 15.8. The third-order valence-corrected chi connectivity index (χ3v) is 6.02. The number of benzene rings is 2. The second-order valence-electron chi connectivity index (χ2n) is 7.49. The Hall–Kier alpha value is -2.03. The van der Waals surface area contributed by atoms with Crippen molar-refractivity contribution in [3.05, 3.63) is 52.0 Å². The van der Waals surface area contributed by atoms with Crippen molar-refractivity contribution in [2.45, 2.75) is 13.5 Å². The summed E-state index contributed by atoms with van der Waals surface area (Å²) in [6.07, 6.45) is -0.759. The first kappa shape index (κ1) is 28.2. The molecule has 0 spiro atoms. The average molecular weight is 551 g/mol. The number of carbonyl (C=O) groups is 1. The molecule has 4 rings (SSSR count). The molecular formula is C23H27Cl4N3O4. The van der Waals surface area contributed by atoms with Crippen LogP contribution in [0.5, 0.6) is 11.6 Å². The van der Waals surface area contributed by atoms with Crippen LogP contribution in [0.3, 0.4) is 0 Å². The van der Waals surface area contributed by atoms with E-state index in [1.807, 2.05) is 18.2 Å². The predicted octanol–water partition coefficient (Wildman–Crippen LogP) is 6.18. The Kier molecular flexibility index (Phi) is 10.5. The number of piperazine rings is 1. The first-order valence-electron chi connectivity index (χ1n) is 10.4. The lowest BCUT2D eigenvalue weighted by Crippen LogP contribution is -2.46. The van der Waals surface area contributed by atoms with Crippen molar-refractivity contribution in [1.82, 2.24) is 9.88 Å². The van der Waals surface area contributed by atoms with Gasteiger partial charge >= 0.3 is 6.16 Å². The standard InChI is InChI=1S/C23H25Cl2N3O4.2ClH/c1-3-31-23(29)32-22-18(21-19(25)11-15(24)12-20(21)26-22)14-27-7-9-28(10-8-27)16-5-4-6-17(13-16)30-2;;/h4-6,11-13,26H,3,7-10,14H2,1-2H3;2*1H. The first-order valence-corrected chi connectivity index (χ1v) is 11.2. The molecule has 0 unspecified atom stereocenters. The Bertz CT molecular complexity index is 1120. The van der Waals surface area contributed by atoms with Crippen LogP contribution in [0.2, 0.25) is 10.0 Å². The molecule has 1 aliphatic heterocycles. The number of hydrogen-bond acceptors (Lipinski definition) is 6. The number of nitrogens with one attached hydrogen (secondary N) is 1. The quantitative estimate of drug-likeness (QED) is 0.369. The van der Waals surface area contributed by atoms with Gasteiger partial charge < -0.3 is 24.1 Å². The molecule has 1 aromatic heterocycles. The fraction of sp³-hybridized carbons (Fsp3) is 0.348. The lowest BCUT2D eigenvalue weighted by molar-refractivity contribution is 0.102. The Balaban J connectivity index is 0.00000204. The Labute approximate surface area is 221 Å². The van der Waals surface area contributed by atoms with Gasteiger partial charge in [-0.3, -0.25) is 4.90 Å². The molecule has 3 aromatic rings. The van der Waals surface area contributed by atoms with Crippen LogP contribution < -0.4 is 14.4 Å². The molecule has 11 heteroatoms. The van der Waals surface area contributed by atoms with Gasteiger partial charge in [0, 0.05) is 60.4 Å². The lowest BCUT2D eigenvalue weighted by atomic mass is 10.1. The van der Waals surface area contributed by atoms with E-state index in [-0.39, 0.29) is 31.4 Å². The number of H-pyrrole nitrogens is 1. The number of rotatable bonds is 6. The summed E-state index contributed by atoms with van der Waals surface area (Å²) in [5.74, 6) is 1.18. The number of anilines is 1. The molecule has 0 atom stereocenters. The van der Waals surface area contributed by atoms with E-state index in [9.17, 15) is 4.79 Å². The maximum absolute atomic E-state index is 12.0. The second-order valence-corrected chi connectivity index (χ2v) is 8.34. The van der Waals surface area contributed by atoms with Crippen molar-refractivity contribution in [1.29, 1.82) is 0 Å². The zero-order chi connectivity index (χ0) is 22.7. The van der Waals surface area contributed by atoms with Crippen LogP contribution in [0.25, 0.3) is 10.9 Å². The smallest absolute Gasteiger partial charge is 0.497 e. The van der Waals surface area contributed by atoms with E-state index in [1.54, 1.807) is 26.2 Å². The van der Waals surface area contributed by atoms with Crippen molar-refractivity contribution in [2.24, 2.45) is 0 Å². The number of halogens is 4. The van der Waals surface area contributed by atoms with Gasteiger partial charge in [-0.2, -0.15) is 0 Å². The fourth-order valence-electron chi connectivity index (χ4n) is 3.95. The van der Waals surface area contributed by atoms with Crippen LogP contribution in [0, 0.1) is 0 Å². The summed E-state index contributed by atoms with van der Waals surface area (Å²) in [6.45, 7) is 5.94. The molecule has 1 saturated heterocycles. The van der Waals surface area contributed by atoms with E-state index in [4.69, 9.17) is 37.4 Å². The summed E-state index contributed by atoms with van der Waals surface area (Å²) in [5, 5.41) is 1.81. The highest BCUT2D eigenvalue weighted by Crippen LogP contribution is 2.37. The van der Waals surface area contributed by atoms with Crippen molar-refractivity contribution in [3.63, 3.8) is 0 Å². The second kappa shape index (κ2) is 12.6. The number of ether oxygens (including phenoxy) is 3. The molecule has 1 fully saturated rings. The van der Waals surface area contributed by atoms with E-state index < -0.39 is 6.16 Å². The highest BCUT2D eigenvalue weighted by atomic mass is 35.5.